The maximum Gasteiger partial charge on any atom is 0.335 e. The summed E-state index contributed by atoms with van der Waals surface area (Å²) in [6, 6.07) is 15.5. The second kappa shape index (κ2) is 14.7. The molecule has 3 fully saturated rings. The highest BCUT2D eigenvalue weighted by atomic mass is 32.2. The van der Waals surface area contributed by atoms with Gasteiger partial charge in [-0.05, 0) is 170 Å². The number of nitrogens with one attached hydrogen (secondary N) is 1. The molecule has 2 aromatic rings. The molecule has 6 rings (SSSR count). The number of hydrogen-bond donors (Lipinski definition) is 3. The van der Waals surface area contributed by atoms with Gasteiger partial charge in [-0.2, -0.15) is 0 Å². The molecule has 9 unspecified atom stereocenters. The molecule has 9 atom stereocenters. The zero-order chi connectivity index (χ0) is 36.8. The highest BCUT2D eigenvalue weighted by Crippen LogP contribution is 2.73. The molecule has 0 aromatic heterocycles. The third kappa shape index (κ3) is 7.11. The Balaban J connectivity index is 1.23. The summed E-state index contributed by atoms with van der Waals surface area (Å²) in [5, 5.41) is 19.0. The van der Waals surface area contributed by atoms with E-state index in [2.05, 4.69) is 71.6 Å². The zero-order valence-corrected chi connectivity index (χ0v) is 33.0. The molecule has 3 saturated carbocycles. The number of aromatic carboxylic acids is 1. The first-order valence-electron chi connectivity index (χ1n) is 19.8. The van der Waals surface area contributed by atoms with Crippen LogP contribution < -0.4 is 10.5 Å². The van der Waals surface area contributed by atoms with Crippen LogP contribution in [0.25, 0.3) is 5.57 Å². The topological polar surface area (TPSA) is 92.4 Å². The van der Waals surface area contributed by atoms with Crippen LogP contribution in [0.3, 0.4) is 0 Å². The van der Waals surface area contributed by atoms with Gasteiger partial charge in [0.05, 0.1) is 10.5 Å². The molecule has 0 amide bonds. The molecule has 4 aliphatic carbocycles. The van der Waals surface area contributed by atoms with Crippen molar-refractivity contribution in [3.8, 4) is 0 Å². The molecule has 278 valence electrons. The number of rotatable bonds is 9. The zero-order valence-electron chi connectivity index (χ0n) is 32.2. The molecule has 51 heavy (non-hydrogen) atoms. The van der Waals surface area contributed by atoms with Crippen molar-refractivity contribution in [2.24, 2.45) is 56.4 Å². The summed E-state index contributed by atoms with van der Waals surface area (Å²) in [5.41, 5.74) is 6.46. The predicted octanol–water partition coefficient (Wildman–Crippen LogP) is 10.2. The van der Waals surface area contributed by atoms with Gasteiger partial charge in [0.2, 0.25) is 0 Å². The molecular formula is C45H64N2O3S. The van der Waals surface area contributed by atoms with Crippen molar-refractivity contribution < 1.29 is 14.1 Å². The minimum atomic E-state index is -1.43. The first-order valence-corrected chi connectivity index (χ1v) is 21.0. The number of hydrogen-bond acceptors (Lipinski definition) is 3. The van der Waals surface area contributed by atoms with E-state index in [9.17, 15) is 14.1 Å². The van der Waals surface area contributed by atoms with Gasteiger partial charge in [0.25, 0.3) is 0 Å². The summed E-state index contributed by atoms with van der Waals surface area (Å²) in [5.74, 6) is 2.40. The van der Waals surface area contributed by atoms with Crippen LogP contribution in [-0.2, 0) is 17.4 Å². The second-order valence-electron chi connectivity index (χ2n) is 18.3. The first kappa shape index (κ1) is 38.2. The summed E-state index contributed by atoms with van der Waals surface area (Å²) in [6.07, 6.45) is 16.0. The van der Waals surface area contributed by atoms with Crippen molar-refractivity contribution in [3.63, 3.8) is 0 Å². The molecule has 2 aromatic carbocycles. The van der Waals surface area contributed by atoms with Gasteiger partial charge in [-0.1, -0.05) is 83.5 Å². The van der Waals surface area contributed by atoms with Gasteiger partial charge in [0.1, 0.15) is 11.0 Å². The SMILES string of the molecule is C=C(C)C1CCC2(CNCCc3ccc(S(N)=O)cc3)CCC3(C)C(CCC4C(C)CC=C(c5ccc(C(=O)O)cc5)C(C)(C)CCCC43C)C12. The first-order chi connectivity index (χ1) is 24.1. The second-order valence-corrected chi connectivity index (χ2v) is 19.4. The van der Waals surface area contributed by atoms with E-state index < -0.39 is 17.0 Å². The summed E-state index contributed by atoms with van der Waals surface area (Å²) < 4.78 is 11.6. The molecule has 5 nitrogen and oxygen atoms in total. The number of carboxylic acid groups (broad SMARTS) is 1. The lowest BCUT2D eigenvalue weighted by Crippen LogP contribution is -2.61. The van der Waals surface area contributed by atoms with Crippen LogP contribution in [0.5, 0.6) is 0 Å². The molecule has 4 N–H and O–H groups in total. The quantitative estimate of drug-likeness (QED) is 0.178. The molecule has 0 spiro atoms. The summed E-state index contributed by atoms with van der Waals surface area (Å²) in [4.78, 5) is 12.2. The Morgan fingerprint density at radius 1 is 0.922 bits per heavy atom. The third-order valence-electron chi connectivity index (χ3n) is 15.3. The van der Waals surface area contributed by atoms with Crippen LogP contribution in [0, 0.1) is 51.2 Å². The Bertz CT molecular complexity index is 1650. The minimum Gasteiger partial charge on any atom is -0.478 e. The van der Waals surface area contributed by atoms with Crippen LogP contribution in [0.2, 0.25) is 0 Å². The van der Waals surface area contributed by atoms with E-state index in [0.717, 1.165) is 32.4 Å². The molecule has 0 bridgehead atoms. The number of fused-ring (bicyclic) bond motifs is 5. The molecule has 0 saturated heterocycles. The molecule has 0 heterocycles. The lowest BCUT2D eigenvalue weighted by Gasteiger charge is -2.67. The fourth-order valence-corrected chi connectivity index (χ4v) is 12.7. The number of carboxylic acids is 1. The highest BCUT2D eigenvalue weighted by Gasteiger charge is 2.66. The van der Waals surface area contributed by atoms with E-state index in [1.54, 1.807) is 12.1 Å². The van der Waals surface area contributed by atoms with Crippen LogP contribution in [-0.4, -0.2) is 28.4 Å². The smallest absolute Gasteiger partial charge is 0.335 e. The molecule has 0 radical (unpaired) electrons. The van der Waals surface area contributed by atoms with E-state index in [0.29, 0.717) is 50.9 Å². The molecule has 6 heteroatoms. The summed E-state index contributed by atoms with van der Waals surface area (Å²) >= 11 is 0. The fraction of sp³-hybridized carbons (Fsp3) is 0.622. The van der Waals surface area contributed by atoms with Crippen molar-refractivity contribution in [3.05, 3.63) is 83.4 Å². The molecular weight excluding hydrogens is 649 g/mol. The Morgan fingerprint density at radius 3 is 2.24 bits per heavy atom. The van der Waals surface area contributed by atoms with Gasteiger partial charge in [-0.15, -0.1) is 0 Å². The van der Waals surface area contributed by atoms with Crippen molar-refractivity contribution in [1.82, 2.24) is 5.32 Å². The fourth-order valence-electron chi connectivity index (χ4n) is 12.3. The average molecular weight is 713 g/mol. The number of nitrogens with two attached hydrogens (primary N) is 1. The van der Waals surface area contributed by atoms with Crippen molar-refractivity contribution in [2.75, 3.05) is 13.1 Å². The van der Waals surface area contributed by atoms with Gasteiger partial charge in [0.15, 0.2) is 0 Å². The Labute approximate surface area is 310 Å². The standard InChI is InChI=1S/C45H64N2O3S/c1-30(2)36-21-25-45(29-47-28-22-32-10-16-35(17-11-32)51(46)50)27-26-44(7)39(40(36)45)20-19-37-31(3)9-18-38(33-12-14-34(15-13-33)41(48)49)42(4,5)23-8-24-43(37,44)6/h10-18,31,36-37,39-40,47H,1,8-9,19-29,46H2,2-7H3,(H,48,49). The normalized spacial score (nSPS) is 35.4. The van der Waals surface area contributed by atoms with Gasteiger partial charge >= 0.3 is 5.97 Å². The van der Waals surface area contributed by atoms with Crippen LogP contribution in [0.15, 0.2) is 71.7 Å². The van der Waals surface area contributed by atoms with E-state index in [-0.39, 0.29) is 10.8 Å². The Morgan fingerprint density at radius 2 is 1.59 bits per heavy atom. The highest BCUT2D eigenvalue weighted by molar-refractivity contribution is 7.82. The lowest BCUT2D eigenvalue weighted by molar-refractivity contribution is -0.177. The van der Waals surface area contributed by atoms with Gasteiger partial charge < -0.3 is 10.4 Å². The summed E-state index contributed by atoms with van der Waals surface area (Å²) in [6.45, 7) is 21.7. The average Bonchev–Trinajstić information content (AvgIpc) is 3.47. The van der Waals surface area contributed by atoms with E-state index >= 15 is 0 Å². The maximum atomic E-state index is 11.6. The monoisotopic (exact) mass is 712 g/mol. The maximum absolute atomic E-state index is 11.6. The van der Waals surface area contributed by atoms with E-state index in [1.165, 1.54) is 73.6 Å². The Hall–Kier alpha value is -2.54. The summed E-state index contributed by atoms with van der Waals surface area (Å²) in [7, 11) is -1.43. The third-order valence-corrected chi connectivity index (χ3v) is 16.0. The van der Waals surface area contributed by atoms with Gasteiger partial charge in [0, 0.05) is 6.54 Å². The van der Waals surface area contributed by atoms with E-state index in [1.807, 2.05) is 24.3 Å². The van der Waals surface area contributed by atoms with E-state index in [4.69, 9.17) is 5.14 Å². The van der Waals surface area contributed by atoms with Gasteiger partial charge in [-0.3, -0.25) is 0 Å². The molecule has 4 aliphatic rings. The van der Waals surface area contributed by atoms with Crippen molar-refractivity contribution in [2.45, 2.75) is 117 Å². The van der Waals surface area contributed by atoms with Crippen LogP contribution in [0.1, 0.15) is 127 Å². The van der Waals surface area contributed by atoms with Crippen molar-refractivity contribution in [1.29, 1.82) is 0 Å². The largest absolute Gasteiger partial charge is 0.478 e. The molecule has 0 aliphatic heterocycles. The van der Waals surface area contributed by atoms with Crippen LogP contribution >= 0.6 is 0 Å². The Kier molecular flexibility index (Phi) is 11.0. The number of carbonyl (C=O) groups is 1. The number of allylic oxidation sites excluding steroid dienone is 3. The van der Waals surface area contributed by atoms with Crippen LogP contribution in [0.4, 0.5) is 0 Å². The van der Waals surface area contributed by atoms with Crippen molar-refractivity contribution >= 4 is 22.5 Å². The predicted molar refractivity (Wildman–Crippen MR) is 212 cm³/mol. The number of benzene rings is 2. The lowest BCUT2D eigenvalue weighted by atomic mass is 9.38. The minimum absolute atomic E-state index is 0.0117. The van der Waals surface area contributed by atoms with Gasteiger partial charge in [-0.25, -0.2) is 14.1 Å².